The minimum absolute atomic E-state index is 0.370. The lowest BCUT2D eigenvalue weighted by Crippen LogP contribution is -2.41. The highest BCUT2D eigenvalue weighted by Gasteiger charge is 2.28. The van der Waals surface area contributed by atoms with Crippen molar-refractivity contribution < 1.29 is 24.1 Å². The molecule has 0 aliphatic rings. The van der Waals surface area contributed by atoms with Crippen LogP contribution in [0.2, 0.25) is 0 Å². The SMILES string of the molecule is CC[C@@H](O)[C@H](OCc1ccccc1)[C@@H](C/C=C/C(=O)OC)OCc1ccccc1. The summed E-state index contributed by atoms with van der Waals surface area (Å²) in [5.74, 6) is -0.426. The Kier molecular flexibility index (Phi) is 10.1. The van der Waals surface area contributed by atoms with E-state index in [0.29, 0.717) is 26.1 Å². The molecular formula is C24H30O5. The summed E-state index contributed by atoms with van der Waals surface area (Å²) >= 11 is 0. The van der Waals surface area contributed by atoms with E-state index < -0.39 is 24.3 Å². The fourth-order valence-corrected chi connectivity index (χ4v) is 2.91. The Morgan fingerprint density at radius 1 is 0.966 bits per heavy atom. The highest BCUT2D eigenvalue weighted by molar-refractivity contribution is 5.81. The van der Waals surface area contributed by atoms with E-state index in [1.807, 2.05) is 67.6 Å². The van der Waals surface area contributed by atoms with Crippen molar-refractivity contribution in [1.29, 1.82) is 0 Å². The van der Waals surface area contributed by atoms with Crippen LogP contribution >= 0.6 is 0 Å². The first kappa shape index (κ1) is 22.8. The van der Waals surface area contributed by atoms with Crippen molar-refractivity contribution in [2.75, 3.05) is 7.11 Å². The third-order valence-corrected chi connectivity index (χ3v) is 4.58. The zero-order chi connectivity index (χ0) is 20.9. The summed E-state index contributed by atoms with van der Waals surface area (Å²) in [5.41, 5.74) is 2.05. The van der Waals surface area contributed by atoms with Gasteiger partial charge in [-0.3, -0.25) is 0 Å². The van der Waals surface area contributed by atoms with Gasteiger partial charge in [-0.1, -0.05) is 73.7 Å². The summed E-state index contributed by atoms with van der Waals surface area (Å²) in [6.07, 6.45) is 2.37. The Morgan fingerprint density at radius 3 is 2.03 bits per heavy atom. The summed E-state index contributed by atoms with van der Waals surface area (Å²) in [6, 6.07) is 19.6. The number of hydrogen-bond donors (Lipinski definition) is 1. The van der Waals surface area contributed by atoms with Gasteiger partial charge in [0.15, 0.2) is 0 Å². The number of ether oxygens (including phenoxy) is 3. The Hall–Kier alpha value is -2.47. The highest BCUT2D eigenvalue weighted by Crippen LogP contribution is 2.19. The second-order valence-corrected chi connectivity index (χ2v) is 6.73. The van der Waals surface area contributed by atoms with E-state index in [0.717, 1.165) is 11.1 Å². The first-order chi connectivity index (χ1) is 14.1. The van der Waals surface area contributed by atoms with E-state index in [9.17, 15) is 9.90 Å². The summed E-state index contributed by atoms with van der Waals surface area (Å²) in [6.45, 7) is 2.66. The summed E-state index contributed by atoms with van der Waals surface area (Å²) in [4.78, 5) is 11.4. The molecule has 0 aliphatic carbocycles. The smallest absolute Gasteiger partial charge is 0.330 e. The molecule has 0 aliphatic heterocycles. The largest absolute Gasteiger partial charge is 0.466 e. The zero-order valence-corrected chi connectivity index (χ0v) is 17.1. The molecule has 2 aromatic rings. The van der Waals surface area contributed by atoms with Crippen LogP contribution in [-0.4, -0.2) is 36.5 Å². The molecule has 5 nitrogen and oxygen atoms in total. The number of hydrogen-bond acceptors (Lipinski definition) is 5. The monoisotopic (exact) mass is 398 g/mol. The van der Waals surface area contributed by atoms with Crippen molar-refractivity contribution in [1.82, 2.24) is 0 Å². The van der Waals surface area contributed by atoms with Gasteiger partial charge in [0.1, 0.15) is 6.10 Å². The molecular weight excluding hydrogens is 368 g/mol. The van der Waals surface area contributed by atoms with Crippen molar-refractivity contribution in [2.45, 2.75) is 51.3 Å². The third kappa shape index (κ3) is 8.20. The molecule has 29 heavy (non-hydrogen) atoms. The molecule has 1 N–H and O–H groups in total. The number of carbonyl (C=O) groups excluding carboxylic acids is 1. The minimum Gasteiger partial charge on any atom is -0.466 e. The second kappa shape index (κ2) is 12.9. The quantitative estimate of drug-likeness (QED) is 0.432. The molecule has 0 saturated carbocycles. The van der Waals surface area contributed by atoms with Gasteiger partial charge in [-0.25, -0.2) is 4.79 Å². The van der Waals surface area contributed by atoms with Crippen molar-refractivity contribution >= 4 is 5.97 Å². The van der Waals surface area contributed by atoms with Gasteiger partial charge >= 0.3 is 5.97 Å². The predicted octanol–water partition coefficient (Wildman–Crippen LogP) is 4.05. The van der Waals surface area contributed by atoms with Crippen LogP contribution in [0.3, 0.4) is 0 Å². The normalized spacial score (nSPS) is 14.4. The zero-order valence-electron chi connectivity index (χ0n) is 17.1. The van der Waals surface area contributed by atoms with Crippen LogP contribution < -0.4 is 0 Å². The standard InChI is InChI=1S/C24H30O5/c1-3-21(25)24(29-18-20-13-8-5-9-14-20)22(15-10-16-23(26)27-2)28-17-19-11-6-4-7-12-19/h4-14,16,21-22,24-25H,3,15,17-18H2,1-2H3/b16-10+/t21-,22-,24+/m1/s1. The van der Waals surface area contributed by atoms with Crippen molar-refractivity contribution in [3.8, 4) is 0 Å². The Bertz CT molecular complexity index is 729. The number of carbonyl (C=O) groups is 1. The van der Waals surface area contributed by atoms with Crippen LogP contribution in [0, 0.1) is 0 Å². The van der Waals surface area contributed by atoms with Crippen molar-refractivity contribution in [3.05, 3.63) is 83.9 Å². The van der Waals surface area contributed by atoms with Gasteiger partial charge in [0, 0.05) is 6.08 Å². The predicted molar refractivity (Wildman–Crippen MR) is 112 cm³/mol. The van der Waals surface area contributed by atoms with Gasteiger partial charge in [0.25, 0.3) is 0 Å². The minimum atomic E-state index is -0.689. The molecule has 0 spiro atoms. The summed E-state index contributed by atoms with van der Waals surface area (Å²) in [5, 5.41) is 10.6. The van der Waals surface area contributed by atoms with Gasteiger partial charge in [0.05, 0.1) is 32.5 Å². The lowest BCUT2D eigenvalue weighted by Gasteiger charge is -2.30. The maximum Gasteiger partial charge on any atom is 0.330 e. The van der Waals surface area contributed by atoms with Crippen LogP contribution in [0.25, 0.3) is 0 Å². The molecule has 0 bridgehead atoms. The molecule has 0 amide bonds. The fourth-order valence-electron chi connectivity index (χ4n) is 2.91. The van der Waals surface area contributed by atoms with E-state index in [1.54, 1.807) is 6.08 Å². The third-order valence-electron chi connectivity index (χ3n) is 4.58. The Balaban J connectivity index is 2.11. The van der Waals surface area contributed by atoms with Crippen LogP contribution in [0.5, 0.6) is 0 Å². The Labute approximate surface area is 172 Å². The molecule has 0 aromatic heterocycles. The summed E-state index contributed by atoms with van der Waals surface area (Å²) < 4.78 is 16.9. The number of rotatable bonds is 12. The number of benzene rings is 2. The molecule has 0 unspecified atom stereocenters. The molecule has 5 heteroatoms. The average molecular weight is 398 g/mol. The van der Waals surface area contributed by atoms with E-state index in [-0.39, 0.29) is 0 Å². The molecule has 0 fully saturated rings. The molecule has 0 heterocycles. The Morgan fingerprint density at radius 2 is 1.52 bits per heavy atom. The van der Waals surface area contributed by atoms with Crippen LogP contribution in [0.1, 0.15) is 30.9 Å². The molecule has 2 rings (SSSR count). The first-order valence-electron chi connectivity index (χ1n) is 9.87. The number of methoxy groups -OCH3 is 1. The van der Waals surface area contributed by atoms with E-state index in [2.05, 4.69) is 4.74 Å². The van der Waals surface area contributed by atoms with Gasteiger partial charge in [0.2, 0.25) is 0 Å². The van der Waals surface area contributed by atoms with Crippen molar-refractivity contribution in [2.24, 2.45) is 0 Å². The topological polar surface area (TPSA) is 65.0 Å². The van der Waals surface area contributed by atoms with E-state index in [4.69, 9.17) is 9.47 Å². The fraction of sp³-hybridized carbons (Fsp3) is 0.375. The van der Waals surface area contributed by atoms with Crippen LogP contribution in [-0.2, 0) is 32.2 Å². The second-order valence-electron chi connectivity index (χ2n) is 6.73. The molecule has 156 valence electrons. The van der Waals surface area contributed by atoms with Gasteiger partial charge < -0.3 is 19.3 Å². The molecule has 3 atom stereocenters. The first-order valence-corrected chi connectivity index (χ1v) is 9.87. The number of aliphatic hydroxyl groups excluding tert-OH is 1. The maximum absolute atomic E-state index is 11.4. The maximum atomic E-state index is 11.4. The van der Waals surface area contributed by atoms with Gasteiger partial charge in [-0.15, -0.1) is 0 Å². The lowest BCUT2D eigenvalue weighted by atomic mass is 10.0. The van der Waals surface area contributed by atoms with E-state index in [1.165, 1.54) is 13.2 Å². The molecule has 0 radical (unpaired) electrons. The average Bonchev–Trinajstić information content (AvgIpc) is 2.77. The molecule has 2 aromatic carbocycles. The lowest BCUT2D eigenvalue weighted by molar-refractivity contribution is -0.135. The van der Waals surface area contributed by atoms with Gasteiger partial charge in [-0.2, -0.15) is 0 Å². The van der Waals surface area contributed by atoms with Crippen LogP contribution in [0.4, 0.5) is 0 Å². The number of esters is 1. The van der Waals surface area contributed by atoms with E-state index >= 15 is 0 Å². The number of aliphatic hydroxyl groups is 1. The summed E-state index contributed by atoms with van der Waals surface area (Å²) in [7, 11) is 1.34. The van der Waals surface area contributed by atoms with Gasteiger partial charge in [-0.05, 0) is 24.0 Å². The molecule has 0 saturated heterocycles. The van der Waals surface area contributed by atoms with Crippen molar-refractivity contribution in [3.63, 3.8) is 0 Å². The van der Waals surface area contributed by atoms with Crippen LogP contribution in [0.15, 0.2) is 72.8 Å². The highest BCUT2D eigenvalue weighted by atomic mass is 16.5.